The topological polar surface area (TPSA) is 47.3 Å². The van der Waals surface area contributed by atoms with Gasteiger partial charge in [0.15, 0.2) is 0 Å². The van der Waals surface area contributed by atoms with E-state index >= 15 is 0 Å². The number of ether oxygens (including phenoxy) is 1. The Kier molecular flexibility index (Phi) is 7.94. The number of benzene rings is 1. The van der Waals surface area contributed by atoms with E-state index < -0.39 is 0 Å². The molecule has 0 radical (unpaired) electrons. The first-order valence-corrected chi connectivity index (χ1v) is 7.12. The predicted molar refractivity (Wildman–Crippen MR) is 81.0 cm³/mol. The number of nitrogens with one attached hydrogen (secondary N) is 1. The zero-order chi connectivity index (χ0) is 13.9. The van der Waals surface area contributed by atoms with Crippen LogP contribution in [0.2, 0.25) is 0 Å². The van der Waals surface area contributed by atoms with Crippen molar-refractivity contribution in [1.29, 1.82) is 0 Å². The van der Waals surface area contributed by atoms with Gasteiger partial charge in [0.05, 0.1) is 6.61 Å². The van der Waals surface area contributed by atoms with Crippen LogP contribution in [0.4, 0.5) is 0 Å². The van der Waals surface area contributed by atoms with Gasteiger partial charge in [0.1, 0.15) is 5.75 Å². The Morgan fingerprint density at radius 3 is 2.79 bits per heavy atom. The van der Waals surface area contributed by atoms with Gasteiger partial charge in [0.2, 0.25) is 0 Å². The van der Waals surface area contributed by atoms with Crippen LogP contribution in [0.15, 0.2) is 36.9 Å². The number of hydrazine groups is 1. The normalized spacial score (nSPS) is 12.1. The zero-order valence-corrected chi connectivity index (χ0v) is 11.9. The van der Waals surface area contributed by atoms with E-state index in [4.69, 9.17) is 10.6 Å². The maximum atomic E-state index is 5.69. The molecule has 19 heavy (non-hydrogen) atoms. The number of hydrogen-bond donors (Lipinski definition) is 2. The summed E-state index contributed by atoms with van der Waals surface area (Å²) in [6.45, 7) is 6.41. The smallest absolute Gasteiger partial charge is 0.124 e. The van der Waals surface area contributed by atoms with Gasteiger partial charge in [0, 0.05) is 11.6 Å². The highest BCUT2D eigenvalue weighted by molar-refractivity contribution is 5.35. The van der Waals surface area contributed by atoms with Crippen LogP contribution in [0.25, 0.3) is 0 Å². The average Bonchev–Trinajstić information content (AvgIpc) is 2.44. The summed E-state index contributed by atoms with van der Waals surface area (Å²) in [5.41, 5.74) is 4.06. The number of hydrogen-bond acceptors (Lipinski definition) is 3. The highest BCUT2D eigenvalue weighted by Gasteiger charge is 2.13. The van der Waals surface area contributed by atoms with E-state index in [1.807, 2.05) is 31.2 Å². The zero-order valence-electron chi connectivity index (χ0n) is 11.9. The minimum absolute atomic E-state index is 0.159. The number of nitrogens with two attached hydrogens (primary N) is 1. The molecule has 0 saturated carbocycles. The standard InChI is InChI=1S/C16H26N2O/c1-3-5-6-7-8-12-15(18-17)14-11-9-10-13-16(14)19-4-2/h3,9-11,13,15,18H,1,4-8,12,17H2,2H3. The SMILES string of the molecule is C=CCCCCCC(NN)c1ccccc1OCC. The van der Waals surface area contributed by atoms with Crippen molar-refractivity contribution >= 4 is 0 Å². The molecule has 0 fully saturated rings. The number of allylic oxidation sites excluding steroid dienone is 1. The Hall–Kier alpha value is -1.32. The van der Waals surface area contributed by atoms with Crippen LogP contribution in [0.5, 0.6) is 5.75 Å². The quantitative estimate of drug-likeness (QED) is 0.292. The van der Waals surface area contributed by atoms with Gasteiger partial charge in [-0.15, -0.1) is 6.58 Å². The van der Waals surface area contributed by atoms with Gasteiger partial charge in [-0.25, -0.2) is 0 Å². The second kappa shape index (κ2) is 9.59. The summed E-state index contributed by atoms with van der Waals surface area (Å²) in [5.74, 6) is 6.62. The molecular formula is C16H26N2O. The lowest BCUT2D eigenvalue weighted by molar-refractivity contribution is 0.329. The van der Waals surface area contributed by atoms with Gasteiger partial charge in [0.25, 0.3) is 0 Å². The van der Waals surface area contributed by atoms with E-state index in [-0.39, 0.29) is 6.04 Å². The summed E-state index contributed by atoms with van der Waals surface area (Å²) in [7, 11) is 0. The summed E-state index contributed by atoms with van der Waals surface area (Å²) < 4.78 is 5.66. The van der Waals surface area contributed by atoms with E-state index in [0.717, 1.165) is 30.6 Å². The monoisotopic (exact) mass is 262 g/mol. The van der Waals surface area contributed by atoms with Crippen LogP contribution in [0, 0.1) is 0 Å². The van der Waals surface area contributed by atoms with Crippen LogP contribution >= 0.6 is 0 Å². The van der Waals surface area contributed by atoms with Crippen molar-refractivity contribution in [2.24, 2.45) is 5.84 Å². The number of rotatable bonds is 10. The molecule has 0 aliphatic heterocycles. The van der Waals surface area contributed by atoms with Crippen LogP contribution in [-0.2, 0) is 0 Å². The highest BCUT2D eigenvalue weighted by Crippen LogP contribution is 2.28. The molecule has 0 saturated heterocycles. The third-order valence-electron chi connectivity index (χ3n) is 3.20. The Morgan fingerprint density at radius 2 is 2.11 bits per heavy atom. The number of para-hydroxylation sites is 1. The first kappa shape index (κ1) is 15.7. The Labute approximate surface area is 116 Å². The van der Waals surface area contributed by atoms with Crippen molar-refractivity contribution in [2.75, 3.05) is 6.61 Å². The molecule has 0 aliphatic rings. The molecule has 0 bridgehead atoms. The fourth-order valence-electron chi connectivity index (χ4n) is 2.20. The van der Waals surface area contributed by atoms with Crippen molar-refractivity contribution in [3.63, 3.8) is 0 Å². The molecule has 1 rings (SSSR count). The fraction of sp³-hybridized carbons (Fsp3) is 0.500. The van der Waals surface area contributed by atoms with Crippen LogP contribution in [0.1, 0.15) is 50.6 Å². The molecule has 1 atom stereocenters. The van der Waals surface area contributed by atoms with Crippen molar-refractivity contribution in [3.8, 4) is 5.75 Å². The molecule has 1 aromatic carbocycles. The van der Waals surface area contributed by atoms with Crippen molar-refractivity contribution in [2.45, 2.75) is 45.1 Å². The summed E-state index contributed by atoms with van der Waals surface area (Å²) in [4.78, 5) is 0. The lowest BCUT2D eigenvalue weighted by Gasteiger charge is -2.19. The van der Waals surface area contributed by atoms with E-state index in [2.05, 4.69) is 18.1 Å². The van der Waals surface area contributed by atoms with Gasteiger partial charge in [-0.05, 0) is 32.3 Å². The van der Waals surface area contributed by atoms with Gasteiger partial charge in [-0.3, -0.25) is 11.3 Å². The van der Waals surface area contributed by atoms with Crippen LogP contribution in [0.3, 0.4) is 0 Å². The predicted octanol–water partition coefficient (Wildman–Crippen LogP) is 3.73. The Morgan fingerprint density at radius 1 is 1.32 bits per heavy atom. The average molecular weight is 262 g/mol. The molecule has 1 aromatic rings. The molecule has 0 heterocycles. The third-order valence-corrected chi connectivity index (χ3v) is 3.20. The third kappa shape index (κ3) is 5.45. The molecule has 0 aromatic heterocycles. The van der Waals surface area contributed by atoms with Crippen molar-refractivity contribution < 1.29 is 4.74 Å². The van der Waals surface area contributed by atoms with Crippen LogP contribution in [-0.4, -0.2) is 6.61 Å². The van der Waals surface area contributed by atoms with Crippen molar-refractivity contribution in [1.82, 2.24) is 5.43 Å². The van der Waals surface area contributed by atoms with Gasteiger partial charge in [-0.1, -0.05) is 37.1 Å². The van der Waals surface area contributed by atoms with E-state index in [9.17, 15) is 0 Å². The summed E-state index contributed by atoms with van der Waals surface area (Å²) in [6.07, 6.45) is 7.66. The van der Waals surface area contributed by atoms with E-state index in [1.54, 1.807) is 0 Å². The first-order chi connectivity index (χ1) is 9.33. The highest BCUT2D eigenvalue weighted by atomic mass is 16.5. The minimum atomic E-state index is 0.159. The molecule has 3 heteroatoms. The second-order valence-electron chi connectivity index (χ2n) is 4.62. The second-order valence-corrected chi connectivity index (χ2v) is 4.62. The Balaban J connectivity index is 2.55. The molecule has 0 spiro atoms. The minimum Gasteiger partial charge on any atom is -0.494 e. The summed E-state index contributed by atoms with van der Waals surface area (Å²) in [5, 5.41) is 0. The van der Waals surface area contributed by atoms with Crippen molar-refractivity contribution in [3.05, 3.63) is 42.5 Å². The fourth-order valence-corrected chi connectivity index (χ4v) is 2.20. The molecule has 0 aliphatic carbocycles. The molecule has 3 nitrogen and oxygen atoms in total. The first-order valence-electron chi connectivity index (χ1n) is 7.12. The molecule has 3 N–H and O–H groups in total. The van der Waals surface area contributed by atoms with E-state index in [1.165, 1.54) is 12.8 Å². The van der Waals surface area contributed by atoms with Crippen LogP contribution < -0.4 is 16.0 Å². The maximum absolute atomic E-state index is 5.69. The molecule has 106 valence electrons. The lowest BCUT2D eigenvalue weighted by Crippen LogP contribution is -2.28. The summed E-state index contributed by atoms with van der Waals surface area (Å²) in [6, 6.07) is 8.26. The van der Waals surface area contributed by atoms with Gasteiger partial charge >= 0.3 is 0 Å². The number of unbranched alkanes of at least 4 members (excludes halogenated alkanes) is 3. The lowest BCUT2D eigenvalue weighted by atomic mass is 9.99. The maximum Gasteiger partial charge on any atom is 0.124 e. The molecule has 0 amide bonds. The Bertz CT molecular complexity index is 366. The molecular weight excluding hydrogens is 236 g/mol. The van der Waals surface area contributed by atoms with Gasteiger partial charge in [-0.2, -0.15) is 0 Å². The summed E-state index contributed by atoms with van der Waals surface area (Å²) >= 11 is 0. The van der Waals surface area contributed by atoms with Gasteiger partial charge < -0.3 is 4.74 Å². The largest absolute Gasteiger partial charge is 0.494 e. The molecule has 1 unspecified atom stereocenters. The van der Waals surface area contributed by atoms with E-state index in [0.29, 0.717) is 6.61 Å².